The molecule has 0 aliphatic carbocycles. The Morgan fingerprint density at radius 3 is 1.13 bits per heavy atom. The van der Waals surface area contributed by atoms with E-state index in [9.17, 15) is 19.2 Å². The lowest BCUT2D eigenvalue weighted by Crippen LogP contribution is -2.36. The molecular formula is C14H23NO8. The number of aliphatic carboxylic acids is 4. The van der Waals surface area contributed by atoms with Crippen molar-refractivity contribution in [1.82, 2.24) is 4.90 Å². The zero-order valence-electron chi connectivity index (χ0n) is 13.0. The summed E-state index contributed by atoms with van der Waals surface area (Å²) in [6.45, 7) is 2.51. The van der Waals surface area contributed by atoms with Crippen LogP contribution in [0.25, 0.3) is 0 Å². The van der Waals surface area contributed by atoms with Crippen molar-refractivity contribution in [2.24, 2.45) is 11.8 Å². The van der Waals surface area contributed by atoms with Crippen molar-refractivity contribution in [3.8, 4) is 0 Å². The average molecular weight is 333 g/mol. The smallest absolute Gasteiger partial charge is 0.303 e. The summed E-state index contributed by atoms with van der Waals surface area (Å²) in [6, 6.07) is 0. The van der Waals surface area contributed by atoms with E-state index in [0.717, 1.165) is 0 Å². The minimum Gasteiger partial charge on any atom is -0.481 e. The van der Waals surface area contributed by atoms with Crippen LogP contribution >= 0.6 is 0 Å². The Bertz CT molecular complexity index is 366. The molecule has 0 radical (unpaired) electrons. The topological polar surface area (TPSA) is 152 Å². The van der Waals surface area contributed by atoms with Crippen molar-refractivity contribution >= 4 is 23.9 Å². The number of hydrogen-bond acceptors (Lipinski definition) is 5. The number of hydrogen-bond donors (Lipinski definition) is 4. The van der Waals surface area contributed by atoms with Crippen LogP contribution in [-0.2, 0) is 19.2 Å². The van der Waals surface area contributed by atoms with Crippen LogP contribution in [-0.4, -0.2) is 68.8 Å². The van der Waals surface area contributed by atoms with Gasteiger partial charge in [0.15, 0.2) is 0 Å². The molecular weight excluding hydrogens is 310 g/mol. The van der Waals surface area contributed by atoms with E-state index in [1.54, 1.807) is 11.8 Å². The number of rotatable bonds is 13. The highest BCUT2D eigenvalue weighted by molar-refractivity contribution is 5.71. The zero-order valence-corrected chi connectivity index (χ0v) is 13.0. The highest BCUT2D eigenvalue weighted by Gasteiger charge is 2.24. The quantitative estimate of drug-likeness (QED) is 0.376. The van der Waals surface area contributed by atoms with Gasteiger partial charge >= 0.3 is 23.9 Å². The van der Waals surface area contributed by atoms with Crippen molar-refractivity contribution in [2.75, 3.05) is 19.6 Å². The highest BCUT2D eigenvalue weighted by atomic mass is 16.4. The third kappa shape index (κ3) is 11.1. The lowest BCUT2D eigenvalue weighted by Gasteiger charge is -2.28. The Morgan fingerprint density at radius 2 is 0.957 bits per heavy atom. The van der Waals surface area contributed by atoms with Crippen molar-refractivity contribution in [3.05, 3.63) is 0 Å². The fourth-order valence-corrected chi connectivity index (χ4v) is 2.45. The molecule has 0 amide bonds. The molecule has 23 heavy (non-hydrogen) atoms. The largest absolute Gasteiger partial charge is 0.481 e. The van der Waals surface area contributed by atoms with Crippen LogP contribution in [0.5, 0.6) is 0 Å². The monoisotopic (exact) mass is 333 g/mol. The molecule has 0 aliphatic heterocycles. The summed E-state index contributed by atoms with van der Waals surface area (Å²) in [6.07, 6.45) is -1.26. The molecule has 0 saturated heterocycles. The minimum absolute atomic E-state index is 0.158. The molecule has 9 nitrogen and oxygen atoms in total. The van der Waals surface area contributed by atoms with Gasteiger partial charge in [-0.3, -0.25) is 19.2 Å². The molecule has 0 fully saturated rings. The summed E-state index contributed by atoms with van der Waals surface area (Å²) in [5, 5.41) is 35.3. The molecule has 0 saturated carbocycles. The predicted octanol–water partition coefficient (Wildman–Crippen LogP) is 0.440. The molecule has 0 aromatic heterocycles. The van der Waals surface area contributed by atoms with Crippen LogP contribution in [0.15, 0.2) is 0 Å². The summed E-state index contributed by atoms with van der Waals surface area (Å²) >= 11 is 0. The van der Waals surface area contributed by atoms with Crippen molar-refractivity contribution in [2.45, 2.75) is 32.6 Å². The van der Waals surface area contributed by atoms with Crippen LogP contribution in [0, 0.1) is 11.8 Å². The van der Waals surface area contributed by atoms with Gasteiger partial charge in [-0.1, -0.05) is 6.92 Å². The second kappa shape index (κ2) is 10.5. The number of carboxylic acids is 4. The van der Waals surface area contributed by atoms with Gasteiger partial charge in [0, 0.05) is 38.8 Å². The van der Waals surface area contributed by atoms with Crippen molar-refractivity contribution in [1.29, 1.82) is 0 Å². The van der Waals surface area contributed by atoms with E-state index in [4.69, 9.17) is 20.4 Å². The van der Waals surface area contributed by atoms with Crippen molar-refractivity contribution in [3.63, 3.8) is 0 Å². The second-order valence-electron chi connectivity index (χ2n) is 5.48. The fraction of sp³-hybridized carbons (Fsp3) is 0.714. The van der Waals surface area contributed by atoms with Crippen LogP contribution < -0.4 is 0 Å². The highest BCUT2D eigenvalue weighted by Crippen LogP contribution is 2.16. The Kier molecular flexibility index (Phi) is 9.56. The SMILES string of the molecule is CCN(CC(CC(=O)O)CC(=O)O)CC(CC(=O)O)CC(=O)O. The number of nitrogens with zero attached hydrogens (tertiary/aromatic N) is 1. The third-order valence-corrected chi connectivity index (χ3v) is 3.33. The Labute approximate surface area is 133 Å². The van der Waals surface area contributed by atoms with E-state index in [1.807, 2.05) is 0 Å². The van der Waals surface area contributed by atoms with E-state index in [2.05, 4.69) is 0 Å². The lowest BCUT2D eigenvalue weighted by molar-refractivity contribution is -0.142. The fourth-order valence-electron chi connectivity index (χ4n) is 2.45. The van der Waals surface area contributed by atoms with Gasteiger partial charge in [0.1, 0.15) is 0 Å². The lowest BCUT2D eigenvalue weighted by atomic mass is 9.97. The maximum Gasteiger partial charge on any atom is 0.303 e. The molecule has 0 heterocycles. The molecule has 0 rings (SSSR count). The van der Waals surface area contributed by atoms with Gasteiger partial charge < -0.3 is 25.3 Å². The second-order valence-corrected chi connectivity index (χ2v) is 5.48. The maximum atomic E-state index is 10.8. The summed E-state index contributed by atoms with van der Waals surface area (Å²) in [5.74, 6) is -5.69. The molecule has 0 aromatic rings. The van der Waals surface area contributed by atoms with E-state index < -0.39 is 35.7 Å². The molecule has 132 valence electrons. The van der Waals surface area contributed by atoms with E-state index in [-0.39, 0.29) is 38.8 Å². The van der Waals surface area contributed by atoms with E-state index in [1.165, 1.54) is 0 Å². The van der Waals surface area contributed by atoms with Crippen LogP contribution in [0.1, 0.15) is 32.6 Å². The van der Waals surface area contributed by atoms with Gasteiger partial charge in [-0.25, -0.2) is 0 Å². The Morgan fingerprint density at radius 1 is 0.696 bits per heavy atom. The molecule has 4 N–H and O–H groups in total. The maximum absolute atomic E-state index is 10.8. The number of carboxylic acid groups (broad SMARTS) is 4. The van der Waals surface area contributed by atoms with Crippen molar-refractivity contribution < 1.29 is 39.6 Å². The van der Waals surface area contributed by atoms with Gasteiger partial charge in [-0.2, -0.15) is 0 Å². The molecule has 0 atom stereocenters. The predicted molar refractivity (Wildman–Crippen MR) is 78.1 cm³/mol. The third-order valence-electron chi connectivity index (χ3n) is 3.33. The molecule has 0 bridgehead atoms. The molecule has 0 aromatic carbocycles. The number of carbonyl (C=O) groups is 4. The first-order chi connectivity index (χ1) is 10.6. The van der Waals surface area contributed by atoms with Gasteiger partial charge in [0.05, 0.1) is 0 Å². The first kappa shape index (κ1) is 20.8. The average Bonchev–Trinajstić information content (AvgIpc) is 2.34. The van der Waals surface area contributed by atoms with Gasteiger partial charge in [-0.05, 0) is 18.4 Å². The van der Waals surface area contributed by atoms with E-state index in [0.29, 0.717) is 6.54 Å². The van der Waals surface area contributed by atoms with Gasteiger partial charge in [0.25, 0.3) is 0 Å². The first-order valence-corrected chi connectivity index (χ1v) is 7.23. The first-order valence-electron chi connectivity index (χ1n) is 7.23. The summed E-state index contributed by atoms with van der Waals surface area (Å²) in [7, 11) is 0. The van der Waals surface area contributed by atoms with Crippen LogP contribution in [0.3, 0.4) is 0 Å². The molecule has 0 spiro atoms. The van der Waals surface area contributed by atoms with Crippen LogP contribution in [0.4, 0.5) is 0 Å². The summed E-state index contributed by atoms with van der Waals surface area (Å²) in [4.78, 5) is 44.9. The van der Waals surface area contributed by atoms with Gasteiger partial charge in [0.2, 0.25) is 0 Å². The Hall–Kier alpha value is -2.16. The molecule has 0 unspecified atom stereocenters. The van der Waals surface area contributed by atoms with E-state index >= 15 is 0 Å². The summed E-state index contributed by atoms with van der Waals surface area (Å²) in [5.41, 5.74) is 0. The standard InChI is InChI=1S/C14H23NO8/c1-2-15(7-9(3-11(16)17)4-12(18)19)8-10(5-13(20)21)6-14(22)23/h9-10H,2-8H2,1H3,(H,16,17)(H,18,19)(H,20,21)(H,22,23). The summed E-state index contributed by atoms with van der Waals surface area (Å²) < 4.78 is 0. The zero-order chi connectivity index (χ0) is 18.0. The van der Waals surface area contributed by atoms with Crippen LogP contribution in [0.2, 0.25) is 0 Å². The van der Waals surface area contributed by atoms with Gasteiger partial charge in [-0.15, -0.1) is 0 Å². The minimum atomic E-state index is -1.11. The normalized spacial score (nSPS) is 11.1. The Balaban J connectivity index is 4.84. The molecule has 0 aliphatic rings. The molecule has 9 heteroatoms.